The van der Waals surface area contributed by atoms with Gasteiger partial charge in [-0.1, -0.05) is 0 Å². The van der Waals surface area contributed by atoms with Crippen molar-refractivity contribution in [3.05, 3.63) is 59.8 Å². The molecule has 6 rings (SSSR count). The van der Waals surface area contributed by atoms with Crippen molar-refractivity contribution in [1.82, 2.24) is 14.1 Å². The Bertz CT molecular complexity index is 1460. The zero-order chi connectivity index (χ0) is 25.8. The number of rotatable bonds is 7. The first-order chi connectivity index (χ1) is 17.7. The Morgan fingerprint density at radius 3 is 2.84 bits per heavy atom. The molecular formula is C26H29FN4O5S. The van der Waals surface area contributed by atoms with Gasteiger partial charge in [-0.15, -0.1) is 0 Å². The maximum absolute atomic E-state index is 14.4. The summed E-state index contributed by atoms with van der Waals surface area (Å²) in [6.07, 6.45) is 6.67. The summed E-state index contributed by atoms with van der Waals surface area (Å²) in [6, 6.07) is 8.20. The number of nitrogens with one attached hydrogen (secondary N) is 1. The third kappa shape index (κ3) is 4.44. The number of benzene rings is 1. The molecule has 1 saturated carbocycles. The fourth-order valence-corrected chi connectivity index (χ4v) is 6.36. The third-order valence-electron chi connectivity index (χ3n) is 7.65. The molecule has 0 bridgehead atoms. The van der Waals surface area contributed by atoms with Gasteiger partial charge in [-0.05, 0) is 62.9 Å². The summed E-state index contributed by atoms with van der Waals surface area (Å²) in [4.78, 5) is 19.4. The zero-order valence-electron chi connectivity index (χ0n) is 20.5. The number of hydrogen-bond acceptors (Lipinski definition) is 7. The molecule has 0 radical (unpaired) electrons. The van der Waals surface area contributed by atoms with Crippen LogP contribution < -0.4 is 14.4 Å². The van der Waals surface area contributed by atoms with Crippen LogP contribution in [0.25, 0.3) is 5.65 Å². The average Bonchev–Trinajstić information content (AvgIpc) is 3.29. The number of carbonyl (C=O) groups is 1. The molecule has 0 spiro atoms. The number of pyridine rings is 1. The number of halogens is 1. The van der Waals surface area contributed by atoms with Gasteiger partial charge < -0.3 is 14.4 Å². The van der Waals surface area contributed by atoms with Gasteiger partial charge in [0.2, 0.25) is 10.0 Å². The Balaban J connectivity index is 1.31. The fraction of sp³-hybridized carbons (Fsp3) is 0.462. The van der Waals surface area contributed by atoms with Crippen molar-refractivity contribution >= 4 is 27.3 Å². The minimum atomic E-state index is -3.78. The summed E-state index contributed by atoms with van der Waals surface area (Å²) >= 11 is 0. The SMILES string of the molecule is CC1(S(=O)(=O)NC(=O)c2cnc3ccc(N4CCCC4c4cc(F)ccc4OC4CCOC4)cn23)CC1. The topological polar surface area (TPSA) is 102 Å². The maximum Gasteiger partial charge on any atom is 0.283 e. The molecule has 196 valence electrons. The minimum Gasteiger partial charge on any atom is -0.488 e. The van der Waals surface area contributed by atoms with Crippen LogP contribution in [0.1, 0.15) is 61.1 Å². The second-order valence-electron chi connectivity index (χ2n) is 10.3. The predicted octanol–water partition coefficient (Wildman–Crippen LogP) is 3.59. The number of hydrogen-bond donors (Lipinski definition) is 1. The third-order valence-corrected chi connectivity index (χ3v) is 9.81. The van der Waals surface area contributed by atoms with Crippen molar-refractivity contribution in [2.75, 3.05) is 24.7 Å². The van der Waals surface area contributed by atoms with E-state index >= 15 is 0 Å². The van der Waals surface area contributed by atoms with Gasteiger partial charge >= 0.3 is 0 Å². The van der Waals surface area contributed by atoms with E-state index in [1.165, 1.54) is 18.3 Å². The molecule has 1 aliphatic carbocycles. The van der Waals surface area contributed by atoms with Crippen LogP contribution >= 0.6 is 0 Å². The van der Waals surface area contributed by atoms with Crippen LogP contribution in [0.5, 0.6) is 5.75 Å². The normalized spacial score (nSPS) is 22.9. The van der Waals surface area contributed by atoms with E-state index in [2.05, 4.69) is 14.6 Å². The van der Waals surface area contributed by atoms with Gasteiger partial charge in [0.15, 0.2) is 0 Å². The number of nitrogens with zero attached hydrogens (tertiary/aromatic N) is 3. The van der Waals surface area contributed by atoms with Crippen LogP contribution in [0.4, 0.5) is 10.1 Å². The van der Waals surface area contributed by atoms with E-state index in [-0.39, 0.29) is 23.7 Å². The van der Waals surface area contributed by atoms with Gasteiger partial charge in [0.05, 0.1) is 35.9 Å². The Morgan fingerprint density at radius 1 is 1.24 bits per heavy atom. The number of amides is 1. The number of fused-ring (bicyclic) bond motifs is 1. The minimum absolute atomic E-state index is 0.0587. The van der Waals surface area contributed by atoms with E-state index < -0.39 is 20.7 Å². The van der Waals surface area contributed by atoms with Gasteiger partial charge in [0, 0.05) is 24.7 Å². The molecule has 37 heavy (non-hydrogen) atoms. The van der Waals surface area contributed by atoms with Gasteiger partial charge in [-0.3, -0.25) is 9.20 Å². The molecule has 2 atom stereocenters. The van der Waals surface area contributed by atoms with Crippen molar-refractivity contribution in [2.45, 2.75) is 55.9 Å². The number of sulfonamides is 1. The summed E-state index contributed by atoms with van der Waals surface area (Å²) in [5.41, 5.74) is 2.25. The largest absolute Gasteiger partial charge is 0.488 e. The highest BCUT2D eigenvalue weighted by molar-refractivity contribution is 7.91. The molecule has 2 unspecified atom stereocenters. The monoisotopic (exact) mass is 528 g/mol. The van der Waals surface area contributed by atoms with E-state index in [1.54, 1.807) is 29.7 Å². The highest BCUT2D eigenvalue weighted by Crippen LogP contribution is 2.43. The molecule has 9 nitrogen and oxygen atoms in total. The lowest BCUT2D eigenvalue weighted by Crippen LogP contribution is -2.38. The second-order valence-corrected chi connectivity index (χ2v) is 12.5. The summed E-state index contributed by atoms with van der Waals surface area (Å²) in [5, 5.41) is 0. The van der Waals surface area contributed by atoms with E-state index in [1.807, 2.05) is 6.07 Å². The van der Waals surface area contributed by atoms with Crippen molar-refractivity contribution in [1.29, 1.82) is 0 Å². The van der Waals surface area contributed by atoms with Crippen molar-refractivity contribution in [3.8, 4) is 5.75 Å². The summed E-state index contributed by atoms with van der Waals surface area (Å²) in [6.45, 7) is 3.54. The van der Waals surface area contributed by atoms with Gasteiger partial charge in [-0.25, -0.2) is 22.5 Å². The van der Waals surface area contributed by atoms with E-state index in [9.17, 15) is 17.6 Å². The molecule has 3 aromatic rings. The molecule has 1 aromatic carbocycles. The molecule has 4 heterocycles. The first-order valence-electron chi connectivity index (χ1n) is 12.6. The lowest BCUT2D eigenvalue weighted by Gasteiger charge is -2.29. The van der Waals surface area contributed by atoms with Crippen LogP contribution in [0.15, 0.2) is 42.7 Å². The quantitative estimate of drug-likeness (QED) is 0.500. The van der Waals surface area contributed by atoms with Gasteiger partial charge in [0.25, 0.3) is 5.91 Å². The van der Waals surface area contributed by atoms with E-state index in [0.29, 0.717) is 37.5 Å². The van der Waals surface area contributed by atoms with Crippen LogP contribution in [0.2, 0.25) is 0 Å². The predicted molar refractivity (Wildman–Crippen MR) is 135 cm³/mol. The number of carbonyl (C=O) groups excluding carboxylic acids is 1. The molecule has 2 aliphatic heterocycles. The number of anilines is 1. The zero-order valence-corrected chi connectivity index (χ0v) is 21.3. The standard InChI is InChI=1S/C26H29FN4O5S/c1-26(9-10-26)37(33,34)29-25(32)22-14-28-24-7-5-18(15-31(22)24)30-11-2-3-21(30)20-13-17(27)4-6-23(20)36-19-8-12-35-16-19/h4-7,13-15,19,21H,2-3,8-12,16H2,1H3,(H,29,32). The second kappa shape index (κ2) is 8.98. The number of imidazole rings is 1. The number of aromatic nitrogens is 2. The Morgan fingerprint density at radius 2 is 2.08 bits per heavy atom. The molecule has 3 aliphatic rings. The Labute approximate surface area is 214 Å². The summed E-state index contributed by atoms with van der Waals surface area (Å²) < 4.78 is 54.1. The Hall–Kier alpha value is -3.18. The van der Waals surface area contributed by atoms with Crippen LogP contribution in [-0.2, 0) is 14.8 Å². The fourth-order valence-electron chi connectivity index (χ4n) is 5.12. The maximum atomic E-state index is 14.4. The summed E-state index contributed by atoms with van der Waals surface area (Å²) in [7, 11) is -3.78. The molecule has 1 amide bonds. The first kappa shape index (κ1) is 24.2. The smallest absolute Gasteiger partial charge is 0.283 e. The van der Waals surface area contributed by atoms with Gasteiger partial charge in [-0.2, -0.15) is 0 Å². The highest BCUT2D eigenvalue weighted by Gasteiger charge is 2.51. The van der Waals surface area contributed by atoms with Crippen molar-refractivity contribution in [3.63, 3.8) is 0 Å². The number of ether oxygens (including phenoxy) is 2. The molecule has 11 heteroatoms. The van der Waals surface area contributed by atoms with E-state index in [4.69, 9.17) is 9.47 Å². The average molecular weight is 529 g/mol. The summed E-state index contributed by atoms with van der Waals surface area (Å²) in [5.74, 6) is -0.391. The highest BCUT2D eigenvalue weighted by atomic mass is 32.2. The lowest BCUT2D eigenvalue weighted by molar-refractivity contribution is 0.0975. The van der Waals surface area contributed by atoms with E-state index in [0.717, 1.165) is 37.1 Å². The molecular weight excluding hydrogens is 499 g/mol. The molecule has 2 saturated heterocycles. The molecule has 3 fully saturated rings. The lowest BCUT2D eigenvalue weighted by atomic mass is 10.0. The molecule has 1 N–H and O–H groups in total. The van der Waals surface area contributed by atoms with Crippen LogP contribution in [-0.4, -0.2) is 54.3 Å². The Kier molecular flexibility index (Phi) is 5.87. The van der Waals surface area contributed by atoms with Gasteiger partial charge in [0.1, 0.15) is 29.0 Å². The molecule has 2 aromatic heterocycles. The van der Waals surface area contributed by atoms with Crippen LogP contribution in [0, 0.1) is 5.82 Å². The first-order valence-corrected chi connectivity index (χ1v) is 14.1. The van der Waals surface area contributed by atoms with Crippen LogP contribution in [0.3, 0.4) is 0 Å². The van der Waals surface area contributed by atoms with Crippen molar-refractivity contribution in [2.24, 2.45) is 0 Å². The van der Waals surface area contributed by atoms with Crippen molar-refractivity contribution < 1.29 is 27.1 Å².